The molecular formula is C16H11ClFN5O2. The Morgan fingerprint density at radius 3 is 2.72 bits per heavy atom. The van der Waals surface area contributed by atoms with Crippen LogP contribution in [0.15, 0.2) is 12.1 Å². The van der Waals surface area contributed by atoms with E-state index in [-0.39, 0.29) is 40.2 Å². The number of nitrogens with one attached hydrogen (secondary N) is 1. The minimum atomic E-state index is -0.679. The molecule has 3 aromatic rings. The molecular weight excluding hydrogens is 349 g/mol. The molecule has 126 valence electrons. The number of carbonyl (C=O) groups excluding carboxylic acids is 1. The summed E-state index contributed by atoms with van der Waals surface area (Å²) in [6.07, 6.45) is 0. The molecule has 1 aliphatic rings. The largest absolute Gasteiger partial charge is 0.481 e. The first-order chi connectivity index (χ1) is 11.9. The van der Waals surface area contributed by atoms with Crippen LogP contribution in [0.25, 0.3) is 22.4 Å². The van der Waals surface area contributed by atoms with Gasteiger partial charge >= 0.3 is 0 Å². The Morgan fingerprint density at radius 2 is 1.92 bits per heavy atom. The highest BCUT2D eigenvalue weighted by Crippen LogP contribution is 2.37. The van der Waals surface area contributed by atoms with Crippen LogP contribution in [0.2, 0.25) is 5.28 Å². The predicted octanol–water partition coefficient (Wildman–Crippen LogP) is 2.83. The maximum Gasteiger partial charge on any atom is 0.262 e. The van der Waals surface area contributed by atoms with Gasteiger partial charge in [-0.15, -0.1) is 0 Å². The van der Waals surface area contributed by atoms with Gasteiger partial charge in [-0.1, -0.05) is 0 Å². The maximum absolute atomic E-state index is 15.0. The summed E-state index contributed by atoms with van der Waals surface area (Å²) in [5, 5.41) is 2.40. The van der Waals surface area contributed by atoms with Crippen molar-refractivity contribution < 1.29 is 13.9 Å². The molecule has 3 heterocycles. The molecule has 0 saturated heterocycles. The summed E-state index contributed by atoms with van der Waals surface area (Å²) in [4.78, 5) is 28.5. The average molecular weight is 360 g/mol. The molecule has 4 rings (SSSR count). The first kappa shape index (κ1) is 15.6. The second kappa shape index (κ2) is 5.59. The summed E-state index contributed by atoms with van der Waals surface area (Å²) < 4.78 is 20.2. The zero-order valence-corrected chi connectivity index (χ0v) is 14.0. The highest BCUT2D eigenvalue weighted by Gasteiger charge is 2.25. The molecule has 1 aromatic carbocycles. The lowest BCUT2D eigenvalue weighted by molar-refractivity contribution is -0.118. The van der Waals surface area contributed by atoms with E-state index in [0.29, 0.717) is 16.9 Å². The lowest BCUT2D eigenvalue weighted by Gasteiger charge is -2.19. The SMILES string of the molecule is Cc1nc2nc(Cl)nc(-c3ccc4c(c3F)NC(=O)CO4)c2nc1C. The fraction of sp³-hybridized carbons (Fsp3) is 0.188. The second-order valence-corrected chi connectivity index (χ2v) is 5.88. The number of carbonyl (C=O) groups is 1. The van der Waals surface area contributed by atoms with E-state index in [1.807, 2.05) is 0 Å². The molecule has 0 unspecified atom stereocenters. The fourth-order valence-corrected chi connectivity index (χ4v) is 2.73. The van der Waals surface area contributed by atoms with Crippen LogP contribution in [0.1, 0.15) is 11.4 Å². The van der Waals surface area contributed by atoms with Crippen LogP contribution in [0.5, 0.6) is 5.75 Å². The first-order valence-electron chi connectivity index (χ1n) is 7.38. The molecule has 0 aliphatic carbocycles. The van der Waals surface area contributed by atoms with Crippen molar-refractivity contribution in [2.75, 3.05) is 11.9 Å². The van der Waals surface area contributed by atoms with E-state index in [1.165, 1.54) is 6.07 Å². The number of anilines is 1. The summed E-state index contributed by atoms with van der Waals surface area (Å²) in [5.41, 5.74) is 2.26. The summed E-state index contributed by atoms with van der Waals surface area (Å²) >= 11 is 5.98. The number of fused-ring (bicyclic) bond motifs is 2. The molecule has 1 amide bonds. The van der Waals surface area contributed by atoms with Crippen LogP contribution >= 0.6 is 11.6 Å². The van der Waals surface area contributed by atoms with Gasteiger partial charge in [-0.3, -0.25) is 4.79 Å². The lowest BCUT2D eigenvalue weighted by atomic mass is 10.1. The molecule has 0 bridgehead atoms. The Bertz CT molecular complexity index is 1060. The molecule has 0 spiro atoms. The third-order valence-corrected chi connectivity index (χ3v) is 4.07. The van der Waals surface area contributed by atoms with E-state index >= 15 is 4.39 Å². The highest BCUT2D eigenvalue weighted by atomic mass is 35.5. The number of aromatic nitrogens is 4. The minimum Gasteiger partial charge on any atom is -0.481 e. The Balaban J connectivity index is 2.01. The quantitative estimate of drug-likeness (QED) is 0.672. The molecule has 0 fully saturated rings. The zero-order valence-electron chi connectivity index (χ0n) is 13.2. The van der Waals surface area contributed by atoms with Crippen molar-refractivity contribution in [2.45, 2.75) is 13.8 Å². The van der Waals surface area contributed by atoms with Gasteiger partial charge in [0.15, 0.2) is 18.1 Å². The summed E-state index contributed by atoms with van der Waals surface area (Å²) in [5.74, 6) is -0.856. The number of hydrogen-bond donors (Lipinski definition) is 1. The van der Waals surface area contributed by atoms with E-state index in [2.05, 4.69) is 25.3 Å². The molecule has 25 heavy (non-hydrogen) atoms. The molecule has 0 saturated carbocycles. The van der Waals surface area contributed by atoms with Crippen LogP contribution in [0, 0.1) is 19.7 Å². The fourth-order valence-electron chi connectivity index (χ4n) is 2.57. The van der Waals surface area contributed by atoms with Gasteiger partial charge in [-0.2, -0.15) is 4.98 Å². The Kier molecular flexibility index (Phi) is 3.50. The molecule has 7 nitrogen and oxygen atoms in total. The van der Waals surface area contributed by atoms with Crippen LogP contribution < -0.4 is 10.1 Å². The minimum absolute atomic E-state index is 0.0339. The van der Waals surface area contributed by atoms with Crippen molar-refractivity contribution in [1.82, 2.24) is 19.9 Å². The van der Waals surface area contributed by atoms with Crippen molar-refractivity contribution in [3.8, 4) is 17.0 Å². The molecule has 0 atom stereocenters. The summed E-state index contributed by atoms with van der Waals surface area (Å²) in [6, 6.07) is 3.06. The van der Waals surface area contributed by atoms with Crippen molar-refractivity contribution in [1.29, 1.82) is 0 Å². The molecule has 0 radical (unpaired) electrons. The van der Waals surface area contributed by atoms with Crippen molar-refractivity contribution in [2.24, 2.45) is 0 Å². The van der Waals surface area contributed by atoms with E-state index < -0.39 is 11.7 Å². The smallest absolute Gasteiger partial charge is 0.262 e. The van der Waals surface area contributed by atoms with E-state index in [9.17, 15) is 4.79 Å². The average Bonchev–Trinajstić information content (AvgIpc) is 2.57. The standard InChI is InChI=1S/C16H11ClFN5O2/c1-6-7(2)20-15-14(19-6)12(22-16(17)23-15)8-3-4-9-13(11(8)18)21-10(24)5-25-9/h3-4H,5H2,1-2H3,(H,21,24). The second-order valence-electron chi connectivity index (χ2n) is 5.54. The summed E-state index contributed by atoms with van der Waals surface area (Å²) in [7, 11) is 0. The maximum atomic E-state index is 15.0. The van der Waals surface area contributed by atoms with Crippen molar-refractivity contribution >= 4 is 34.4 Å². The third kappa shape index (κ3) is 2.54. The van der Waals surface area contributed by atoms with E-state index in [1.54, 1.807) is 19.9 Å². The monoisotopic (exact) mass is 359 g/mol. The molecule has 9 heteroatoms. The molecule has 1 N–H and O–H groups in total. The number of halogens is 2. The number of amides is 1. The predicted molar refractivity (Wildman–Crippen MR) is 89.1 cm³/mol. The van der Waals surface area contributed by atoms with Gasteiger partial charge < -0.3 is 10.1 Å². The number of aryl methyl sites for hydroxylation is 2. The molecule has 2 aromatic heterocycles. The van der Waals surface area contributed by atoms with E-state index in [4.69, 9.17) is 16.3 Å². The highest BCUT2D eigenvalue weighted by molar-refractivity contribution is 6.28. The van der Waals surface area contributed by atoms with Crippen LogP contribution in [0.3, 0.4) is 0 Å². The van der Waals surface area contributed by atoms with Crippen LogP contribution in [-0.2, 0) is 4.79 Å². The third-order valence-electron chi connectivity index (χ3n) is 3.90. The number of hydrogen-bond acceptors (Lipinski definition) is 6. The van der Waals surface area contributed by atoms with Crippen LogP contribution in [0.4, 0.5) is 10.1 Å². The Morgan fingerprint density at radius 1 is 1.16 bits per heavy atom. The van der Waals surface area contributed by atoms with Gasteiger partial charge in [0.1, 0.15) is 22.6 Å². The number of rotatable bonds is 1. The summed E-state index contributed by atoms with van der Waals surface area (Å²) in [6.45, 7) is 3.43. The lowest BCUT2D eigenvalue weighted by Crippen LogP contribution is -2.26. The normalized spacial score (nSPS) is 13.4. The number of nitrogens with zero attached hydrogens (tertiary/aromatic N) is 4. The molecule has 1 aliphatic heterocycles. The van der Waals surface area contributed by atoms with Gasteiger partial charge in [0, 0.05) is 5.56 Å². The van der Waals surface area contributed by atoms with Crippen LogP contribution in [-0.4, -0.2) is 32.4 Å². The van der Waals surface area contributed by atoms with Gasteiger partial charge in [-0.25, -0.2) is 19.3 Å². The number of ether oxygens (including phenoxy) is 1. The van der Waals surface area contributed by atoms with Crippen molar-refractivity contribution in [3.05, 3.63) is 34.6 Å². The van der Waals surface area contributed by atoms with Gasteiger partial charge in [-0.05, 0) is 37.6 Å². The number of benzene rings is 1. The first-order valence-corrected chi connectivity index (χ1v) is 7.76. The Hall–Kier alpha value is -2.87. The van der Waals surface area contributed by atoms with Crippen molar-refractivity contribution in [3.63, 3.8) is 0 Å². The zero-order chi connectivity index (χ0) is 17.7. The Labute approximate surface area is 146 Å². The van der Waals surface area contributed by atoms with Gasteiger partial charge in [0.25, 0.3) is 5.91 Å². The van der Waals surface area contributed by atoms with Gasteiger partial charge in [0.05, 0.1) is 11.4 Å². The van der Waals surface area contributed by atoms with E-state index in [0.717, 1.165) is 0 Å². The van der Waals surface area contributed by atoms with Gasteiger partial charge in [0.2, 0.25) is 5.28 Å². The topological polar surface area (TPSA) is 89.9 Å².